The van der Waals surface area contributed by atoms with Gasteiger partial charge in [0.15, 0.2) is 3.95 Å². The lowest BCUT2D eigenvalue weighted by Crippen LogP contribution is -2.20. The minimum absolute atomic E-state index is 0.210. The van der Waals surface area contributed by atoms with Gasteiger partial charge in [0.05, 0.1) is 17.1 Å². The monoisotopic (exact) mass is 201 g/mol. The zero-order valence-corrected chi connectivity index (χ0v) is 8.72. The lowest BCUT2D eigenvalue weighted by atomic mass is 10.1. The molecule has 1 aliphatic rings. The van der Waals surface area contributed by atoms with Crippen LogP contribution in [0.2, 0.25) is 0 Å². The van der Waals surface area contributed by atoms with Crippen molar-refractivity contribution in [1.29, 1.82) is 0 Å². The topological polar surface area (TPSA) is 25.0 Å². The van der Waals surface area contributed by atoms with Crippen molar-refractivity contribution in [3.63, 3.8) is 0 Å². The van der Waals surface area contributed by atoms with Crippen LogP contribution in [0.15, 0.2) is 0 Å². The Morgan fingerprint density at radius 3 is 3.08 bits per heavy atom. The van der Waals surface area contributed by atoms with E-state index in [1.807, 2.05) is 0 Å². The average Bonchev–Trinajstić information content (AvgIpc) is 2.29. The van der Waals surface area contributed by atoms with Gasteiger partial charge in [-0.1, -0.05) is 0 Å². The minimum atomic E-state index is 0.210. The molecule has 66 valence electrons. The molecule has 0 amide bonds. The van der Waals surface area contributed by atoms with Crippen LogP contribution >= 0.6 is 23.6 Å². The molecule has 0 bridgehead atoms. The molecule has 2 nitrogen and oxygen atoms in total. The molecule has 0 fully saturated rings. The maximum absolute atomic E-state index is 5.67. The highest BCUT2D eigenvalue weighted by molar-refractivity contribution is 7.73. The van der Waals surface area contributed by atoms with Crippen LogP contribution in [-0.4, -0.2) is 11.1 Å². The van der Waals surface area contributed by atoms with Gasteiger partial charge < -0.3 is 9.72 Å². The average molecular weight is 201 g/mol. The molecule has 2 atom stereocenters. The molecule has 2 rings (SSSR count). The number of hydrogen-bond donors (Lipinski definition) is 1. The summed E-state index contributed by atoms with van der Waals surface area (Å²) in [5, 5.41) is 0. The highest BCUT2D eigenvalue weighted by atomic mass is 32.1. The van der Waals surface area contributed by atoms with E-state index in [-0.39, 0.29) is 6.10 Å². The van der Waals surface area contributed by atoms with Crippen LogP contribution in [0.25, 0.3) is 0 Å². The summed E-state index contributed by atoms with van der Waals surface area (Å²) >= 11 is 6.71. The molecular weight excluding hydrogens is 190 g/mol. The van der Waals surface area contributed by atoms with Crippen molar-refractivity contribution in [3.05, 3.63) is 14.5 Å². The van der Waals surface area contributed by atoms with Gasteiger partial charge in [-0.15, -0.1) is 11.3 Å². The van der Waals surface area contributed by atoms with Gasteiger partial charge in [0.2, 0.25) is 0 Å². The maximum Gasteiger partial charge on any atom is 0.158 e. The van der Waals surface area contributed by atoms with Gasteiger partial charge in [-0.25, -0.2) is 0 Å². The second-order valence-corrected chi connectivity index (χ2v) is 4.87. The standard InChI is InChI=1S/C8H11NOS2/c1-4-3-6-7(5(2)10-4)12-8(11)9-6/h4-5H,3H2,1-2H3,(H,9,11). The first-order valence-electron chi connectivity index (χ1n) is 4.04. The lowest BCUT2D eigenvalue weighted by Gasteiger charge is -2.24. The number of fused-ring (bicyclic) bond motifs is 1. The molecule has 0 radical (unpaired) electrons. The van der Waals surface area contributed by atoms with E-state index in [1.165, 1.54) is 10.6 Å². The smallest absolute Gasteiger partial charge is 0.158 e. The van der Waals surface area contributed by atoms with Crippen molar-refractivity contribution in [3.8, 4) is 0 Å². The van der Waals surface area contributed by atoms with Crippen LogP contribution in [0, 0.1) is 3.95 Å². The van der Waals surface area contributed by atoms with Crippen LogP contribution in [0.5, 0.6) is 0 Å². The predicted molar refractivity (Wildman–Crippen MR) is 52.2 cm³/mol. The molecule has 0 aromatic carbocycles. The number of nitrogens with one attached hydrogen (secondary N) is 1. The molecule has 2 heterocycles. The first-order valence-corrected chi connectivity index (χ1v) is 5.26. The van der Waals surface area contributed by atoms with E-state index in [9.17, 15) is 0 Å². The fraction of sp³-hybridized carbons (Fsp3) is 0.625. The minimum Gasteiger partial charge on any atom is -0.370 e. The largest absolute Gasteiger partial charge is 0.370 e. The molecule has 0 saturated carbocycles. The van der Waals surface area contributed by atoms with E-state index in [0.29, 0.717) is 6.10 Å². The first-order chi connectivity index (χ1) is 5.66. The predicted octanol–water partition coefficient (Wildman–Crippen LogP) is 2.83. The van der Waals surface area contributed by atoms with Gasteiger partial charge in [-0.05, 0) is 26.1 Å². The third kappa shape index (κ3) is 1.34. The number of aromatic nitrogens is 1. The Morgan fingerprint density at radius 2 is 2.33 bits per heavy atom. The molecular formula is C8H11NOS2. The summed E-state index contributed by atoms with van der Waals surface area (Å²) in [6.45, 7) is 4.17. The summed E-state index contributed by atoms with van der Waals surface area (Å²) < 4.78 is 6.54. The third-order valence-corrected chi connectivity index (χ3v) is 3.49. The van der Waals surface area contributed by atoms with E-state index < -0.39 is 0 Å². The summed E-state index contributed by atoms with van der Waals surface area (Å²) in [6.07, 6.45) is 1.49. The summed E-state index contributed by atoms with van der Waals surface area (Å²) in [5.41, 5.74) is 1.27. The number of aromatic amines is 1. The normalized spacial score (nSPS) is 28.5. The van der Waals surface area contributed by atoms with Crippen molar-refractivity contribution in [2.45, 2.75) is 32.5 Å². The second-order valence-electron chi connectivity index (χ2n) is 3.15. The first kappa shape index (κ1) is 8.41. The molecule has 4 heteroatoms. The van der Waals surface area contributed by atoms with Gasteiger partial charge in [-0.3, -0.25) is 0 Å². The van der Waals surface area contributed by atoms with Crippen molar-refractivity contribution in [2.24, 2.45) is 0 Å². The van der Waals surface area contributed by atoms with Gasteiger partial charge in [0.25, 0.3) is 0 Å². The number of hydrogen-bond acceptors (Lipinski definition) is 3. The Kier molecular flexibility index (Phi) is 2.06. The van der Waals surface area contributed by atoms with Crippen molar-refractivity contribution in [1.82, 2.24) is 4.98 Å². The molecule has 12 heavy (non-hydrogen) atoms. The van der Waals surface area contributed by atoms with Gasteiger partial charge in [-0.2, -0.15) is 0 Å². The molecule has 1 aromatic heterocycles. The van der Waals surface area contributed by atoms with E-state index in [4.69, 9.17) is 17.0 Å². The Morgan fingerprint density at radius 1 is 1.58 bits per heavy atom. The van der Waals surface area contributed by atoms with Crippen LogP contribution in [-0.2, 0) is 11.2 Å². The second kappa shape index (κ2) is 2.94. The number of thiazole rings is 1. The summed E-state index contributed by atoms with van der Waals surface area (Å²) in [5.74, 6) is 0. The summed E-state index contributed by atoms with van der Waals surface area (Å²) in [6, 6.07) is 0. The maximum atomic E-state index is 5.67. The Labute approximate surface area is 80.6 Å². The van der Waals surface area contributed by atoms with Crippen molar-refractivity contribution in [2.75, 3.05) is 0 Å². The van der Waals surface area contributed by atoms with E-state index in [2.05, 4.69) is 18.8 Å². The Hall–Kier alpha value is -0.190. The SMILES string of the molecule is CC1Cc2[nH]c(=S)sc2C(C)O1. The molecule has 1 aliphatic heterocycles. The van der Waals surface area contributed by atoms with Crippen molar-refractivity contribution >= 4 is 23.6 Å². The number of rotatable bonds is 0. The lowest BCUT2D eigenvalue weighted by molar-refractivity contribution is -0.00317. The fourth-order valence-electron chi connectivity index (χ4n) is 1.60. The molecule has 0 aliphatic carbocycles. The Balaban J connectivity index is 2.46. The Bertz CT molecular complexity index is 341. The van der Waals surface area contributed by atoms with Crippen LogP contribution in [0.3, 0.4) is 0 Å². The number of H-pyrrole nitrogens is 1. The van der Waals surface area contributed by atoms with E-state index in [0.717, 1.165) is 10.4 Å². The summed E-state index contributed by atoms with van der Waals surface area (Å²) in [4.78, 5) is 4.49. The van der Waals surface area contributed by atoms with Crippen LogP contribution in [0.1, 0.15) is 30.5 Å². The van der Waals surface area contributed by atoms with Crippen LogP contribution in [0.4, 0.5) is 0 Å². The van der Waals surface area contributed by atoms with E-state index >= 15 is 0 Å². The van der Waals surface area contributed by atoms with Crippen molar-refractivity contribution < 1.29 is 4.74 Å². The van der Waals surface area contributed by atoms with Gasteiger partial charge in [0, 0.05) is 12.1 Å². The highest BCUT2D eigenvalue weighted by Gasteiger charge is 2.23. The quantitative estimate of drug-likeness (QED) is 0.653. The van der Waals surface area contributed by atoms with E-state index in [1.54, 1.807) is 11.3 Å². The zero-order chi connectivity index (χ0) is 8.72. The molecule has 1 N–H and O–H groups in total. The molecule has 0 saturated heterocycles. The van der Waals surface area contributed by atoms with Crippen LogP contribution < -0.4 is 0 Å². The van der Waals surface area contributed by atoms with Gasteiger partial charge >= 0.3 is 0 Å². The summed E-state index contributed by atoms with van der Waals surface area (Å²) in [7, 11) is 0. The third-order valence-electron chi connectivity index (χ3n) is 2.05. The zero-order valence-electron chi connectivity index (χ0n) is 7.09. The highest BCUT2D eigenvalue weighted by Crippen LogP contribution is 2.32. The fourth-order valence-corrected chi connectivity index (χ4v) is 2.84. The molecule has 0 spiro atoms. The molecule has 1 aromatic rings. The van der Waals surface area contributed by atoms with Gasteiger partial charge in [0.1, 0.15) is 0 Å². The molecule has 2 unspecified atom stereocenters. The number of ether oxygens (including phenoxy) is 1.